The molecule has 0 bridgehead atoms. The Morgan fingerprint density at radius 3 is 2.88 bits per heavy atom. The van der Waals surface area contributed by atoms with Crippen molar-refractivity contribution in [3.05, 3.63) is 47.8 Å². The number of rotatable bonds is 6. The number of hydrogen-bond donors (Lipinski definition) is 2. The predicted molar refractivity (Wildman–Crippen MR) is 92.5 cm³/mol. The van der Waals surface area contributed by atoms with E-state index in [1.54, 1.807) is 16.9 Å². The van der Waals surface area contributed by atoms with E-state index in [0.29, 0.717) is 30.3 Å². The molecule has 2 aliphatic carbocycles. The molecule has 1 heterocycles. The fraction of sp³-hybridized carbons (Fsp3) is 0.474. The molecule has 1 aromatic heterocycles. The second-order valence-electron chi connectivity index (χ2n) is 7.12. The van der Waals surface area contributed by atoms with Gasteiger partial charge in [-0.2, -0.15) is 5.10 Å². The van der Waals surface area contributed by atoms with Crippen LogP contribution in [0.25, 0.3) is 0 Å². The Hall–Kier alpha value is -2.34. The quantitative estimate of drug-likeness (QED) is 0.843. The summed E-state index contributed by atoms with van der Waals surface area (Å²) in [7, 11) is 0. The van der Waals surface area contributed by atoms with Crippen LogP contribution >= 0.6 is 0 Å². The zero-order valence-corrected chi connectivity index (χ0v) is 14.3. The molecule has 0 unspecified atom stereocenters. The standard InChI is InChI=1S/C19H23N3O3/c1-12-9-20-22(10-12)18-15(8-16(18)23)21-19(24)14-4-2-3-5-17(14)25-11-13-6-7-13/h2-5,9-10,13,15-16,18,23H,6-8,11H2,1H3,(H,21,24)/t15-,16+,18+/m0/s1. The summed E-state index contributed by atoms with van der Waals surface area (Å²) in [6.07, 6.45) is 6.09. The van der Waals surface area contributed by atoms with Crippen LogP contribution in [0.5, 0.6) is 5.75 Å². The molecule has 1 aromatic carbocycles. The highest BCUT2D eigenvalue weighted by Crippen LogP contribution is 2.34. The molecule has 25 heavy (non-hydrogen) atoms. The molecule has 2 fully saturated rings. The maximum absolute atomic E-state index is 12.7. The number of para-hydroxylation sites is 1. The number of aromatic nitrogens is 2. The Morgan fingerprint density at radius 1 is 1.40 bits per heavy atom. The van der Waals surface area contributed by atoms with Crippen molar-refractivity contribution >= 4 is 5.91 Å². The lowest BCUT2D eigenvalue weighted by Gasteiger charge is -2.41. The van der Waals surface area contributed by atoms with Crippen molar-refractivity contribution < 1.29 is 14.6 Å². The van der Waals surface area contributed by atoms with E-state index in [-0.39, 0.29) is 18.0 Å². The number of carbonyl (C=O) groups excluding carboxylic acids is 1. The molecule has 0 radical (unpaired) electrons. The Kier molecular flexibility index (Phi) is 4.21. The van der Waals surface area contributed by atoms with E-state index in [1.165, 1.54) is 12.8 Å². The fourth-order valence-electron chi connectivity index (χ4n) is 3.23. The van der Waals surface area contributed by atoms with Gasteiger partial charge in [-0.25, -0.2) is 0 Å². The third-order valence-corrected chi connectivity index (χ3v) is 4.96. The van der Waals surface area contributed by atoms with Crippen LogP contribution in [0.2, 0.25) is 0 Å². The first-order valence-corrected chi connectivity index (χ1v) is 8.83. The zero-order chi connectivity index (χ0) is 17.4. The Labute approximate surface area is 146 Å². The lowest BCUT2D eigenvalue weighted by Crippen LogP contribution is -2.56. The number of aliphatic hydroxyl groups is 1. The van der Waals surface area contributed by atoms with Gasteiger partial charge in [-0.3, -0.25) is 9.48 Å². The van der Waals surface area contributed by atoms with Gasteiger partial charge in [-0.1, -0.05) is 12.1 Å². The minimum Gasteiger partial charge on any atom is -0.492 e. The number of aryl methyl sites for hydroxylation is 1. The summed E-state index contributed by atoms with van der Waals surface area (Å²) in [6.45, 7) is 2.62. The van der Waals surface area contributed by atoms with Crippen molar-refractivity contribution in [2.24, 2.45) is 5.92 Å². The molecule has 2 N–H and O–H groups in total. The van der Waals surface area contributed by atoms with E-state index in [4.69, 9.17) is 4.74 Å². The van der Waals surface area contributed by atoms with Crippen molar-refractivity contribution in [1.82, 2.24) is 15.1 Å². The first-order valence-electron chi connectivity index (χ1n) is 8.83. The van der Waals surface area contributed by atoms with Gasteiger partial charge in [0.15, 0.2) is 0 Å². The molecular formula is C19H23N3O3. The number of carbonyl (C=O) groups is 1. The lowest BCUT2D eigenvalue weighted by molar-refractivity contribution is -0.00593. The Bertz CT molecular complexity index is 769. The third kappa shape index (κ3) is 3.39. The smallest absolute Gasteiger partial charge is 0.255 e. The van der Waals surface area contributed by atoms with E-state index >= 15 is 0 Å². The highest BCUT2D eigenvalue weighted by molar-refractivity contribution is 5.97. The van der Waals surface area contributed by atoms with Crippen molar-refractivity contribution in [1.29, 1.82) is 0 Å². The van der Waals surface area contributed by atoms with Crippen LogP contribution in [0.1, 0.15) is 41.2 Å². The molecule has 0 saturated heterocycles. The van der Waals surface area contributed by atoms with Gasteiger partial charge in [0.05, 0.1) is 36.6 Å². The number of benzene rings is 1. The molecule has 6 nitrogen and oxygen atoms in total. The van der Waals surface area contributed by atoms with Crippen molar-refractivity contribution in [3.63, 3.8) is 0 Å². The summed E-state index contributed by atoms with van der Waals surface area (Å²) in [5.41, 5.74) is 1.57. The van der Waals surface area contributed by atoms with Gasteiger partial charge >= 0.3 is 0 Å². The van der Waals surface area contributed by atoms with Crippen molar-refractivity contribution in [2.75, 3.05) is 6.61 Å². The monoisotopic (exact) mass is 341 g/mol. The van der Waals surface area contributed by atoms with Gasteiger partial charge in [-0.15, -0.1) is 0 Å². The minimum atomic E-state index is -0.494. The first kappa shape index (κ1) is 16.1. The molecule has 2 aliphatic rings. The molecule has 1 amide bonds. The normalized spacial score (nSPS) is 25.3. The van der Waals surface area contributed by atoms with Crippen LogP contribution in [0.4, 0.5) is 0 Å². The summed E-state index contributed by atoms with van der Waals surface area (Å²) >= 11 is 0. The van der Waals surface area contributed by atoms with Crippen LogP contribution in [-0.2, 0) is 0 Å². The third-order valence-electron chi connectivity index (χ3n) is 4.96. The van der Waals surface area contributed by atoms with Crippen LogP contribution in [0, 0.1) is 12.8 Å². The van der Waals surface area contributed by atoms with Crippen LogP contribution < -0.4 is 10.1 Å². The largest absolute Gasteiger partial charge is 0.492 e. The molecule has 0 spiro atoms. The number of nitrogens with one attached hydrogen (secondary N) is 1. The summed E-state index contributed by atoms with van der Waals surface area (Å²) in [4.78, 5) is 12.7. The molecular weight excluding hydrogens is 318 g/mol. The van der Waals surface area contributed by atoms with Gasteiger partial charge in [0, 0.05) is 6.20 Å². The molecule has 132 valence electrons. The molecule has 3 atom stereocenters. The summed E-state index contributed by atoms with van der Waals surface area (Å²) in [5, 5.41) is 17.4. The maximum Gasteiger partial charge on any atom is 0.255 e. The molecule has 4 rings (SSSR count). The molecule has 2 aromatic rings. The highest BCUT2D eigenvalue weighted by atomic mass is 16.5. The van der Waals surface area contributed by atoms with Gasteiger partial charge in [-0.05, 0) is 49.8 Å². The molecule has 6 heteroatoms. The second kappa shape index (κ2) is 6.52. The van der Waals surface area contributed by atoms with E-state index in [0.717, 1.165) is 5.56 Å². The summed E-state index contributed by atoms with van der Waals surface area (Å²) in [5.74, 6) is 1.08. The maximum atomic E-state index is 12.7. The zero-order valence-electron chi connectivity index (χ0n) is 14.3. The highest BCUT2D eigenvalue weighted by Gasteiger charge is 2.43. The molecule has 0 aliphatic heterocycles. The Morgan fingerprint density at radius 2 is 2.20 bits per heavy atom. The average Bonchev–Trinajstić information content (AvgIpc) is 3.34. The minimum absolute atomic E-state index is 0.140. The van der Waals surface area contributed by atoms with Gasteiger partial charge < -0.3 is 15.2 Å². The topological polar surface area (TPSA) is 76.4 Å². The van der Waals surface area contributed by atoms with E-state index in [1.807, 2.05) is 31.3 Å². The van der Waals surface area contributed by atoms with Crippen LogP contribution in [0.3, 0.4) is 0 Å². The fourth-order valence-corrected chi connectivity index (χ4v) is 3.23. The number of hydrogen-bond acceptors (Lipinski definition) is 4. The van der Waals surface area contributed by atoms with Gasteiger partial charge in [0.1, 0.15) is 5.75 Å². The lowest BCUT2D eigenvalue weighted by atomic mass is 9.83. The van der Waals surface area contributed by atoms with Gasteiger partial charge in [0.2, 0.25) is 0 Å². The first-order chi connectivity index (χ1) is 12.1. The van der Waals surface area contributed by atoms with Crippen molar-refractivity contribution in [2.45, 2.75) is 44.4 Å². The van der Waals surface area contributed by atoms with Crippen LogP contribution in [-0.4, -0.2) is 39.5 Å². The summed E-state index contributed by atoms with van der Waals surface area (Å²) < 4.78 is 7.56. The number of ether oxygens (including phenoxy) is 1. The predicted octanol–water partition coefficient (Wildman–Crippen LogP) is 2.08. The van der Waals surface area contributed by atoms with Crippen LogP contribution in [0.15, 0.2) is 36.7 Å². The number of aliphatic hydroxyl groups excluding tert-OH is 1. The van der Waals surface area contributed by atoms with E-state index < -0.39 is 6.10 Å². The molecule has 2 saturated carbocycles. The van der Waals surface area contributed by atoms with Crippen molar-refractivity contribution in [3.8, 4) is 5.75 Å². The number of nitrogens with zero attached hydrogens (tertiary/aromatic N) is 2. The number of amides is 1. The van der Waals surface area contributed by atoms with E-state index in [2.05, 4.69) is 10.4 Å². The second-order valence-corrected chi connectivity index (χ2v) is 7.12. The Balaban J connectivity index is 1.44. The summed E-state index contributed by atoms with van der Waals surface area (Å²) in [6, 6.07) is 6.96. The van der Waals surface area contributed by atoms with Gasteiger partial charge in [0.25, 0.3) is 5.91 Å². The SMILES string of the molecule is Cc1cnn([C@H]2[C@H](O)C[C@@H]2NC(=O)c2ccccc2OCC2CC2)c1. The van der Waals surface area contributed by atoms with E-state index in [9.17, 15) is 9.90 Å². The average molecular weight is 341 g/mol.